The number of hydrogen-bond donors (Lipinski definition) is 1. The molecule has 0 saturated carbocycles. The van der Waals surface area contributed by atoms with Crippen molar-refractivity contribution in [1.82, 2.24) is 5.32 Å². The van der Waals surface area contributed by atoms with E-state index in [1.54, 1.807) is 22.7 Å². The van der Waals surface area contributed by atoms with Crippen LogP contribution >= 0.6 is 34.3 Å². The molecule has 0 bridgehead atoms. The Labute approximate surface area is 202 Å². The zero-order valence-electron chi connectivity index (χ0n) is 17.2. The van der Waals surface area contributed by atoms with E-state index in [1.165, 1.54) is 40.3 Å². The number of benzene rings is 4. The molecule has 33 heavy (non-hydrogen) atoms. The van der Waals surface area contributed by atoms with E-state index in [1.807, 2.05) is 0 Å². The molecule has 1 aliphatic rings. The first-order chi connectivity index (χ1) is 16.3. The fourth-order valence-electron chi connectivity index (χ4n) is 4.60. The van der Waals surface area contributed by atoms with Crippen LogP contribution in [-0.2, 0) is 0 Å². The number of halogens is 1. The standard InChI is InChI=1S/C27H16ClN3S2/c28-27-30-25(19-11-5-9-17-15-7-1-3-13-21(15)32-23(17)19)29-26(31-27)20-12-6-10-18-16-8-2-4-14-22(16)33-24(18)20/h1-14,25H,(H,29,30,31). The maximum Gasteiger partial charge on any atom is 0.199 e. The van der Waals surface area contributed by atoms with Crippen LogP contribution in [0.4, 0.5) is 0 Å². The minimum absolute atomic E-state index is 0.362. The lowest BCUT2D eigenvalue weighted by Crippen LogP contribution is -2.32. The summed E-state index contributed by atoms with van der Waals surface area (Å²) in [7, 11) is 0. The zero-order valence-corrected chi connectivity index (χ0v) is 19.6. The molecule has 3 heterocycles. The Morgan fingerprint density at radius 3 is 2.00 bits per heavy atom. The van der Waals surface area contributed by atoms with Gasteiger partial charge in [-0.15, -0.1) is 22.7 Å². The zero-order chi connectivity index (χ0) is 21.9. The highest BCUT2D eigenvalue weighted by Gasteiger charge is 2.23. The van der Waals surface area contributed by atoms with Gasteiger partial charge in [0.1, 0.15) is 5.84 Å². The molecule has 1 N–H and O–H groups in total. The third-order valence-electron chi connectivity index (χ3n) is 6.08. The molecule has 4 aromatic carbocycles. The van der Waals surface area contributed by atoms with Crippen LogP contribution in [0.3, 0.4) is 0 Å². The Balaban J connectivity index is 1.42. The van der Waals surface area contributed by atoms with Crippen molar-refractivity contribution < 1.29 is 0 Å². The summed E-state index contributed by atoms with van der Waals surface area (Å²) < 4.78 is 4.95. The largest absolute Gasteiger partial charge is 0.315 e. The van der Waals surface area contributed by atoms with Crippen LogP contribution in [0.2, 0.25) is 0 Å². The number of amidine groups is 2. The summed E-state index contributed by atoms with van der Waals surface area (Å²) in [5.41, 5.74) is 2.13. The van der Waals surface area contributed by atoms with Gasteiger partial charge in [-0.3, -0.25) is 0 Å². The average Bonchev–Trinajstić information content (AvgIpc) is 3.42. The molecule has 158 valence electrons. The van der Waals surface area contributed by atoms with Gasteiger partial charge in [-0.25, -0.2) is 9.98 Å². The molecule has 7 rings (SSSR count). The van der Waals surface area contributed by atoms with Crippen molar-refractivity contribution in [2.24, 2.45) is 9.98 Å². The van der Waals surface area contributed by atoms with E-state index in [2.05, 4.69) is 95.2 Å². The number of aliphatic imine (C=N–C) groups is 2. The smallest absolute Gasteiger partial charge is 0.199 e. The van der Waals surface area contributed by atoms with E-state index >= 15 is 0 Å². The van der Waals surface area contributed by atoms with Crippen LogP contribution in [0.1, 0.15) is 17.3 Å². The lowest BCUT2D eigenvalue weighted by atomic mass is 10.1. The Hall–Kier alpha value is -3.25. The summed E-state index contributed by atoms with van der Waals surface area (Å²) in [5, 5.41) is 8.59. The lowest BCUT2D eigenvalue weighted by Gasteiger charge is -2.20. The van der Waals surface area contributed by atoms with Gasteiger partial charge in [0.05, 0.1) is 0 Å². The number of thiophene rings is 2. The predicted molar refractivity (Wildman–Crippen MR) is 144 cm³/mol. The van der Waals surface area contributed by atoms with E-state index < -0.39 is 6.17 Å². The molecular weight excluding hydrogens is 466 g/mol. The molecule has 1 unspecified atom stereocenters. The fourth-order valence-corrected chi connectivity index (χ4v) is 7.24. The molecule has 0 spiro atoms. The first-order valence-corrected chi connectivity index (χ1v) is 12.7. The summed E-state index contributed by atoms with van der Waals surface area (Å²) in [6, 6.07) is 29.8. The van der Waals surface area contributed by atoms with Gasteiger partial charge >= 0.3 is 0 Å². The lowest BCUT2D eigenvalue weighted by molar-refractivity contribution is 0.768. The van der Waals surface area contributed by atoms with Crippen LogP contribution in [0, 0.1) is 0 Å². The monoisotopic (exact) mass is 481 g/mol. The van der Waals surface area contributed by atoms with Crippen LogP contribution in [0.25, 0.3) is 40.3 Å². The minimum Gasteiger partial charge on any atom is -0.315 e. The van der Waals surface area contributed by atoms with E-state index in [9.17, 15) is 0 Å². The van der Waals surface area contributed by atoms with Crippen molar-refractivity contribution >= 4 is 85.7 Å². The highest BCUT2D eigenvalue weighted by molar-refractivity contribution is 7.26. The maximum absolute atomic E-state index is 6.53. The maximum atomic E-state index is 6.53. The molecule has 3 nitrogen and oxygen atoms in total. The van der Waals surface area contributed by atoms with E-state index in [0.29, 0.717) is 5.29 Å². The molecule has 0 radical (unpaired) electrons. The van der Waals surface area contributed by atoms with Crippen LogP contribution in [0.15, 0.2) is 94.9 Å². The Morgan fingerprint density at radius 2 is 1.24 bits per heavy atom. The fraction of sp³-hybridized carbons (Fsp3) is 0.0370. The van der Waals surface area contributed by atoms with Gasteiger partial charge in [0, 0.05) is 51.5 Å². The van der Waals surface area contributed by atoms with Crippen molar-refractivity contribution in [3.8, 4) is 0 Å². The number of fused-ring (bicyclic) bond motifs is 6. The normalized spacial score (nSPS) is 16.3. The third kappa shape index (κ3) is 3.00. The first kappa shape index (κ1) is 19.2. The highest BCUT2D eigenvalue weighted by Crippen LogP contribution is 2.40. The molecule has 6 aromatic rings. The first-order valence-electron chi connectivity index (χ1n) is 10.7. The van der Waals surface area contributed by atoms with Crippen molar-refractivity contribution in [1.29, 1.82) is 0 Å². The predicted octanol–water partition coefficient (Wildman–Crippen LogP) is 8.07. The van der Waals surface area contributed by atoms with Crippen molar-refractivity contribution in [3.63, 3.8) is 0 Å². The van der Waals surface area contributed by atoms with Gasteiger partial charge in [-0.2, -0.15) is 0 Å². The topological polar surface area (TPSA) is 36.8 Å². The molecule has 2 aromatic heterocycles. The summed E-state index contributed by atoms with van der Waals surface area (Å²) in [5.74, 6) is 0.760. The van der Waals surface area contributed by atoms with E-state index in [-0.39, 0.29) is 0 Å². The molecule has 6 heteroatoms. The molecular formula is C27H16ClN3S2. The molecule has 1 aliphatic heterocycles. The van der Waals surface area contributed by atoms with E-state index in [4.69, 9.17) is 16.6 Å². The Kier molecular flexibility index (Phi) is 4.31. The van der Waals surface area contributed by atoms with Gasteiger partial charge in [0.15, 0.2) is 11.5 Å². The molecule has 0 amide bonds. The second-order valence-electron chi connectivity index (χ2n) is 8.00. The Bertz CT molecular complexity index is 1780. The summed E-state index contributed by atoms with van der Waals surface area (Å²) in [4.78, 5) is 9.73. The summed E-state index contributed by atoms with van der Waals surface area (Å²) in [6.45, 7) is 0. The second-order valence-corrected chi connectivity index (χ2v) is 10.5. The quantitative estimate of drug-likeness (QED) is 0.249. The molecule has 1 atom stereocenters. The number of nitrogens with one attached hydrogen (secondary N) is 1. The van der Waals surface area contributed by atoms with E-state index in [0.717, 1.165) is 17.0 Å². The van der Waals surface area contributed by atoms with Gasteiger partial charge in [0.2, 0.25) is 0 Å². The number of rotatable bonds is 2. The third-order valence-corrected chi connectivity index (χ3v) is 8.73. The summed E-state index contributed by atoms with van der Waals surface area (Å²) in [6.07, 6.45) is -0.393. The van der Waals surface area contributed by atoms with Crippen molar-refractivity contribution in [2.75, 3.05) is 0 Å². The molecule has 0 aliphatic carbocycles. The summed E-state index contributed by atoms with van der Waals surface area (Å²) >= 11 is 10.1. The minimum atomic E-state index is -0.393. The average molecular weight is 482 g/mol. The van der Waals surface area contributed by atoms with Crippen molar-refractivity contribution in [3.05, 3.63) is 96.1 Å². The van der Waals surface area contributed by atoms with Gasteiger partial charge in [0.25, 0.3) is 0 Å². The number of hydrogen-bond acceptors (Lipinski definition) is 5. The highest BCUT2D eigenvalue weighted by atomic mass is 35.5. The van der Waals surface area contributed by atoms with Crippen LogP contribution < -0.4 is 5.32 Å². The van der Waals surface area contributed by atoms with Gasteiger partial charge in [-0.1, -0.05) is 66.7 Å². The SMILES string of the molecule is ClC1=NC(c2cccc3c2sc2ccccc23)N=C(c2cccc3c2sc2ccccc23)N1. The van der Waals surface area contributed by atoms with Gasteiger partial charge in [-0.05, 0) is 29.8 Å². The molecule has 0 saturated heterocycles. The van der Waals surface area contributed by atoms with Crippen LogP contribution in [0.5, 0.6) is 0 Å². The number of nitrogens with zero attached hydrogens (tertiary/aromatic N) is 2. The molecule has 0 fully saturated rings. The van der Waals surface area contributed by atoms with Crippen molar-refractivity contribution in [2.45, 2.75) is 6.17 Å². The Morgan fingerprint density at radius 1 is 0.636 bits per heavy atom. The van der Waals surface area contributed by atoms with Gasteiger partial charge < -0.3 is 5.32 Å². The van der Waals surface area contributed by atoms with Crippen LogP contribution in [-0.4, -0.2) is 11.1 Å². The second kappa shape index (κ2) is 7.39.